The topological polar surface area (TPSA) is 63.7 Å². The molecule has 1 fully saturated rings. The molecule has 1 heterocycles. The van der Waals surface area contributed by atoms with Gasteiger partial charge in [-0.1, -0.05) is 18.2 Å². The first-order chi connectivity index (χ1) is 11.9. The number of rotatable bonds is 5. The van der Waals surface area contributed by atoms with Crippen molar-refractivity contribution in [2.45, 2.75) is 19.4 Å². The summed E-state index contributed by atoms with van der Waals surface area (Å²) >= 11 is 0. The highest BCUT2D eigenvalue weighted by atomic mass is 32.2. The Morgan fingerprint density at radius 1 is 1.20 bits per heavy atom. The van der Waals surface area contributed by atoms with Crippen LogP contribution in [0.4, 0.5) is 0 Å². The highest BCUT2D eigenvalue weighted by Crippen LogP contribution is 2.24. The lowest BCUT2D eigenvalue weighted by Crippen LogP contribution is -2.28. The third-order valence-corrected chi connectivity index (χ3v) is 6.58. The number of benzene rings is 2. The van der Waals surface area contributed by atoms with Gasteiger partial charge in [-0.2, -0.15) is 0 Å². The molecule has 0 spiro atoms. The van der Waals surface area contributed by atoms with Gasteiger partial charge in [0, 0.05) is 20.0 Å². The normalized spacial score (nSPS) is 19.0. The number of sulfone groups is 1. The average molecular weight is 361 g/mol. The fourth-order valence-corrected chi connectivity index (χ4v) is 5.16. The molecule has 0 N–H and O–H groups in total. The van der Waals surface area contributed by atoms with Gasteiger partial charge >= 0.3 is 0 Å². The summed E-state index contributed by atoms with van der Waals surface area (Å²) in [5, 5.41) is 2.19. The van der Waals surface area contributed by atoms with E-state index in [1.165, 1.54) is 0 Å². The first-order valence-electron chi connectivity index (χ1n) is 8.37. The minimum absolute atomic E-state index is 0.00284. The van der Waals surface area contributed by atoms with Crippen molar-refractivity contribution in [3.8, 4) is 5.75 Å². The summed E-state index contributed by atoms with van der Waals surface area (Å²) in [6, 6.07) is 12.0. The number of hydrogen-bond donors (Lipinski definition) is 0. The molecule has 1 aliphatic rings. The Morgan fingerprint density at radius 2 is 1.92 bits per heavy atom. The maximum Gasteiger partial charge on any atom is 0.222 e. The number of methoxy groups -OCH3 is 1. The molecule has 0 aliphatic carbocycles. The predicted octanol–water partition coefficient (Wildman–Crippen LogP) is 2.63. The summed E-state index contributed by atoms with van der Waals surface area (Å²) < 4.78 is 28.3. The zero-order valence-electron chi connectivity index (χ0n) is 14.6. The largest absolute Gasteiger partial charge is 0.497 e. The van der Waals surface area contributed by atoms with E-state index in [0.717, 1.165) is 22.1 Å². The van der Waals surface area contributed by atoms with Crippen molar-refractivity contribution < 1.29 is 17.9 Å². The van der Waals surface area contributed by atoms with Crippen LogP contribution < -0.4 is 4.74 Å². The predicted molar refractivity (Wildman–Crippen MR) is 98.4 cm³/mol. The second-order valence-electron chi connectivity index (χ2n) is 6.77. The summed E-state index contributed by atoms with van der Waals surface area (Å²) in [6.07, 6.45) is 0.903. The van der Waals surface area contributed by atoms with E-state index in [0.29, 0.717) is 19.4 Å². The van der Waals surface area contributed by atoms with Crippen molar-refractivity contribution in [2.24, 2.45) is 5.92 Å². The lowest BCUT2D eigenvalue weighted by molar-refractivity contribution is -0.131. The van der Waals surface area contributed by atoms with Crippen LogP contribution >= 0.6 is 0 Å². The number of carbonyl (C=O) groups is 1. The van der Waals surface area contributed by atoms with Gasteiger partial charge in [0.15, 0.2) is 9.84 Å². The molecule has 6 heteroatoms. The van der Waals surface area contributed by atoms with Crippen LogP contribution in [0.15, 0.2) is 36.4 Å². The van der Waals surface area contributed by atoms with Gasteiger partial charge in [-0.3, -0.25) is 4.79 Å². The first kappa shape index (κ1) is 17.7. The van der Waals surface area contributed by atoms with Gasteiger partial charge in [-0.25, -0.2) is 8.42 Å². The van der Waals surface area contributed by atoms with Gasteiger partial charge in [-0.05, 0) is 46.9 Å². The van der Waals surface area contributed by atoms with Crippen LogP contribution in [0.3, 0.4) is 0 Å². The third kappa shape index (κ3) is 4.31. The average Bonchev–Trinajstić information content (AvgIpc) is 2.92. The summed E-state index contributed by atoms with van der Waals surface area (Å²) in [5.41, 5.74) is 1.05. The summed E-state index contributed by atoms with van der Waals surface area (Å²) in [6.45, 7) is 0.514. The van der Waals surface area contributed by atoms with Crippen molar-refractivity contribution in [3.63, 3.8) is 0 Å². The smallest absolute Gasteiger partial charge is 0.222 e. The molecule has 0 unspecified atom stereocenters. The number of hydrogen-bond acceptors (Lipinski definition) is 4. The molecule has 2 aromatic rings. The van der Waals surface area contributed by atoms with Gasteiger partial charge < -0.3 is 9.64 Å². The number of nitrogens with zero attached hydrogens (tertiary/aromatic N) is 1. The molecule has 1 saturated heterocycles. The first-order valence-corrected chi connectivity index (χ1v) is 10.2. The van der Waals surface area contributed by atoms with E-state index in [9.17, 15) is 13.2 Å². The van der Waals surface area contributed by atoms with Crippen molar-refractivity contribution >= 4 is 26.5 Å². The van der Waals surface area contributed by atoms with E-state index < -0.39 is 9.84 Å². The molecule has 1 atom stereocenters. The molecule has 134 valence electrons. The fourth-order valence-electron chi connectivity index (χ4n) is 3.30. The molecule has 2 aromatic carbocycles. The van der Waals surface area contributed by atoms with Gasteiger partial charge in [0.25, 0.3) is 0 Å². The Bertz CT molecular complexity index is 891. The highest BCUT2D eigenvalue weighted by Gasteiger charge is 2.30. The number of fused-ring (bicyclic) bond motifs is 1. The summed E-state index contributed by atoms with van der Waals surface area (Å²) in [5.74, 6) is 1.13. The van der Waals surface area contributed by atoms with Crippen molar-refractivity contribution in [2.75, 3.05) is 25.7 Å². The van der Waals surface area contributed by atoms with Crippen LogP contribution in [0.5, 0.6) is 5.75 Å². The van der Waals surface area contributed by atoms with Crippen molar-refractivity contribution in [3.05, 3.63) is 42.0 Å². The van der Waals surface area contributed by atoms with Gasteiger partial charge in [0.05, 0.1) is 18.6 Å². The van der Waals surface area contributed by atoms with Gasteiger partial charge in [0.1, 0.15) is 5.75 Å². The van der Waals surface area contributed by atoms with Crippen LogP contribution in [0.25, 0.3) is 10.8 Å². The minimum atomic E-state index is -2.94. The van der Waals surface area contributed by atoms with E-state index in [1.807, 2.05) is 30.3 Å². The zero-order chi connectivity index (χ0) is 18.0. The maximum absolute atomic E-state index is 12.4. The Labute approximate surface area is 148 Å². The molecule has 3 rings (SSSR count). The van der Waals surface area contributed by atoms with Crippen molar-refractivity contribution in [1.82, 2.24) is 4.90 Å². The van der Waals surface area contributed by atoms with Crippen molar-refractivity contribution in [1.29, 1.82) is 0 Å². The molecule has 0 bridgehead atoms. The van der Waals surface area contributed by atoms with E-state index in [4.69, 9.17) is 4.74 Å². The Hall–Kier alpha value is -2.08. The third-order valence-electron chi connectivity index (χ3n) is 4.75. The van der Waals surface area contributed by atoms with E-state index in [-0.39, 0.29) is 23.3 Å². The molecule has 25 heavy (non-hydrogen) atoms. The number of amides is 1. The van der Waals surface area contributed by atoms with Crippen LogP contribution in [0, 0.1) is 5.92 Å². The number of ether oxygens (including phenoxy) is 1. The molecule has 5 nitrogen and oxygen atoms in total. The lowest BCUT2D eigenvalue weighted by atomic mass is 10.0. The molecule has 1 amide bonds. The Balaban J connectivity index is 1.64. The maximum atomic E-state index is 12.4. The molecular weight excluding hydrogens is 338 g/mol. The highest BCUT2D eigenvalue weighted by molar-refractivity contribution is 7.91. The summed E-state index contributed by atoms with van der Waals surface area (Å²) in [7, 11) is 0.476. The molecule has 0 aromatic heterocycles. The van der Waals surface area contributed by atoms with Crippen LogP contribution in [0.1, 0.15) is 18.4 Å². The zero-order valence-corrected chi connectivity index (χ0v) is 15.4. The quantitative estimate of drug-likeness (QED) is 0.821. The SMILES string of the molecule is COc1ccc2cc(CN(C)C(=O)C[C@@H]3CCS(=O)(=O)C3)ccc2c1. The minimum Gasteiger partial charge on any atom is -0.497 e. The number of carbonyl (C=O) groups excluding carboxylic acids is 1. The van der Waals surface area contributed by atoms with Crippen LogP contribution in [-0.4, -0.2) is 44.9 Å². The summed E-state index contributed by atoms with van der Waals surface area (Å²) in [4.78, 5) is 14.1. The van der Waals surface area contributed by atoms with Crippen LogP contribution in [0.2, 0.25) is 0 Å². The fraction of sp³-hybridized carbons (Fsp3) is 0.421. The second kappa shape index (κ2) is 7.04. The van der Waals surface area contributed by atoms with Gasteiger partial charge in [0.2, 0.25) is 5.91 Å². The molecule has 0 radical (unpaired) electrons. The van der Waals surface area contributed by atoms with Crippen LogP contribution in [-0.2, 0) is 21.2 Å². The Kier molecular flexibility index (Phi) is 4.99. The Morgan fingerprint density at radius 3 is 2.60 bits per heavy atom. The van der Waals surface area contributed by atoms with E-state index in [1.54, 1.807) is 19.1 Å². The monoisotopic (exact) mass is 361 g/mol. The van der Waals surface area contributed by atoms with Gasteiger partial charge in [-0.15, -0.1) is 0 Å². The molecular formula is C19H23NO4S. The lowest BCUT2D eigenvalue weighted by Gasteiger charge is -2.19. The second-order valence-corrected chi connectivity index (χ2v) is 9.00. The van der Waals surface area contributed by atoms with E-state index in [2.05, 4.69) is 6.07 Å². The molecule has 1 aliphatic heterocycles. The standard InChI is InChI=1S/C19H23NO4S/c1-20(19(21)10-15-7-8-25(22,23)13-15)12-14-3-4-17-11-18(24-2)6-5-16(17)9-14/h3-6,9,11,15H,7-8,10,12-13H2,1-2H3/t15-/m0/s1. The molecule has 0 saturated carbocycles. The van der Waals surface area contributed by atoms with E-state index >= 15 is 0 Å².